The van der Waals surface area contributed by atoms with E-state index in [0.717, 1.165) is 26.4 Å². The van der Waals surface area contributed by atoms with Crippen LogP contribution in [-0.4, -0.2) is 20.1 Å². The quantitative estimate of drug-likeness (QED) is 0.445. The predicted octanol–water partition coefficient (Wildman–Crippen LogP) is 4.93. The zero-order valence-electron chi connectivity index (χ0n) is 11.2. The summed E-state index contributed by atoms with van der Waals surface area (Å²) in [5.41, 5.74) is 2.89. The fourth-order valence-corrected chi connectivity index (χ4v) is 2.68. The molecule has 0 saturated carbocycles. The van der Waals surface area contributed by atoms with Crippen LogP contribution in [0.5, 0.6) is 5.88 Å². The van der Waals surface area contributed by atoms with E-state index in [2.05, 4.69) is 41.1 Å². The molecule has 6 nitrogen and oxygen atoms in total. The van der Waals surface area contributed by atoms with Crippen LogP contribution >= 0.6 is 15.9 Å². The Bertz CT molecular complexity index is 984. The van der Waals surface area contributed by atoms with Crippen LogP contribution in [0.1, 0.15) is 0 Å². The number of aromatic amines is 2. The minimum absolute atomic E-state index is 0.0204. The maximum Gasteiger partial charge on any atom is 0.247 e. The van der Waals surface area contributed by atoms with E-state index < -0.39 is 0 Å². The van der Waals surface area contributed by atoms with E-state index in [4.69, 9.17) is 0 Å². The Kier molecular flexibility index (Phi) is 2.93. The van der Waals surface area contributed by atoms with E-state index in [9.17, 15) is 5.11 Å². The van der Waals surface area contributed by atoms with Crippen LogP contribution in [0.3, 0.4) is 0 Å². The van der Waals surface area contributed by atoms with Gasteiger partial charge in [-0.15, -0.1) is 10.2 Å². The van der Waals surface area contributed by atoms with Crippen molar-refractivity contribution in [2.24, 2.45) is 10.2 Å². The van der Waals surface area contributed by atoms with Crippen molar-refractivity contribution in [1.82, 2.24) is 15.0 Å². The molecule has 3 N–H and O–H groups in total. The Balaban J connectivity index is 1.79. The molecule has 4 aromatic rings. The van der Waals surface area contributed by atoms with Gasteiger partial charge in [0.25, 0.3) is 0 Å². The number of fused-ring (bicyclic) bond motifs is 2. The molecule has 0 aliphatic heterocycles. The number of para-hydroxylation sites is 2. The number of azo groups is 1. The van der Waals surface area contributed by atoms with Gasteiger partial charge in [0, 0.05) is 9.86 Å². The van der Waals surface area contributed by atoms with Crippen LogP contribution in [0.25, 0.3) is 21.9 Å². The molecule has 0 unspecified atom stereocenters. The molecule has 0 bridgehead atoms. The number of halogens is 1. The van der Waals surface area contributed by atoms with Crippen molar-refractivity contribution in [2.75, 3.05) is 0 Å². The highest BCUT2D eigenvalue weighted by atomic mass is 79.9. The summed E-state index contributed by atoms with van der Waals surface area (Å²) in [5.74, 6) is 0.373. The highest BCUT2D eigenvalue weighted by Crippen LogP contribution is 2.37. The summed E-state index contributed by atoms with van der Waals surface area (Å²) in [7, 11) is 0. The third-order valence-electron chi connectivity index (χ3n) is 3.34. The molecule has 0 amide bonds. The van der Waals surface area contributed by atoms with Gasteiger partial charge in [0.15, 0.2) is 5.69 Å². The summed E-state index contributed by atoms with van der Waals surface area (Å²) < 4.78 is 0.902. The SMILES string of the molecule is Oc1[nH]c2ccc(Br)cc2c1N=Nc1nc2ccccc2[nH]1. The number of hydrogen-bond acceptors (Lipinski definition) is 4. The van der Waals surface area contributed by atoms with Crippen LogP contribution in [0.15, 0.2) is 57.2 Å². The number of H-pyrrole nitrogens is 2. The van der Waals surface area contributed by atoms with Crippen molar-refractivity contribution in [3.05, 3.63) is 46.9 Å². The van der Waals surface area contributed by atoms with Crippen LogP contribution in [0, 0.1) is 0 Å². The molecule has 0 aliphatic rings. The molecular formula is C15H10BrN5O. The predicted molar refractivity (Wildman–Crippen MR) is 87.9 cm³/mol. The lowest BCUT2D eigenvalue weighted by Gasteiger charge is -1.92. The third-order valence-corrected chi connectivity index (χ3v) is 3.83. The van der Waals surface area contributed by atoms with Gasteiger partial charge in [0.1, 0.15) is 0 Å². The molecule has 2 aromatic heterocycles. The second-order valence-corrected chi connectivity index (χ2v) is 5.71. The van der Waals surface area contributed by atoms with E-state index in [-0.39, 0.29) is 5.88 Å². The van der Waals surface area contributed by atoms with Crippen LogP contribution in [-0.2, 0) is 0 Å². The molecule has 0 fully saturated rings. The van der Waals surface area contributed by atoms with Crippen LogP contribution < -0.4 is 0 Å². The lowest BCUT2D eigenvalue weighted by atomic mass is 10.2. The number of hydrogen-bond donors (Lipinski definition) is 3. The molecule has 0 spiro atoms. The van der Waals surface area contributed by atoms with Crippen molar-refractivity contribution in [3.8, 4) is 5.88 Å². The first-order valence-corrected chi connectivity index (χ1v) is 7.37. The molecule has 0 aliphatic carbocycles. The number of imidazole rings is 1. The number of rotatable bonds is 2. The van der Waals surface area contributed by atoms with Gasteiger partial charge in [-0.2, -0.15) is 0 Å². The maximum atomic E-state index is 9.99. The van der Waals surface area contributed by atoms with Crippen molar-refractivity contribution in [2.45, 2.75) is 0 Å². The Labute approximate surface area is 133 Å². The van der Waals surface area contributed by atoms with E-state index in [1.807, 2.05) is 42.5 Å². The highest BCUT2D eigenvalue weighted by Gasteiger charge is 2.11. The average Bonchev–Trinajstić information content (AvgIpc) is 3.05. The average molecular weight is 356 g/mol. The monoisotopic (exact) mass is 355 g/mol. The van der Waals surface area contributed by atoms with Crippen molar-refractivity contribution in [3.63, 3.8) is 0 Å². The van der Waals surface area contributed by atoms with Gasteiger partial charge < -0.3 is 15.1 Å². The topological polar surface area (TPSA) is 89.4 Å². The van der Waals surface area contributed by atoms with Gasteiger partial charge in [0.2, 0.25) is 11.8 Å². The molecule has 2 aromatic carbocycles. The van der Waals surface area contributed by atoms with E-state index >= 15 is 0 Å². The van der Waals surface area contributed by atoms with Gasteiger partial charge in [0.05, 0.1) is 16.6 Å². The molecule has 2 heterocycles. The molecule has 108 valence electrons. The molecule has 7 heteroatoms. The van der Waals surface area contributed by atoms with E-state index in [0.29, 0.717) is 11.6 Å². The number of nitrogens with zero attached hydrogens (tertiary/aromatic N) is 3. The Morgan fingerprint density at radius 1 is 1.00 bits per heavy atom. The van der Waals surface area contributed by atoms with E-state index in [1.165, 1.54) is 0 Å². The summed E-state index contributed by atoms with van der Waals surface area (Å²) in [6, 6.07) is 13.3. The first-order valence-electron chi connectivity index (χ1n) is 6.57. The van der Waals surface area contributed by atoms with Crippen LogP contribution in [0.2, 0.25) is 0 Å². The lowest BCUT2D eigenvalue weighted by molar-refractivity contribution is 0.459. The summed E-state index contributed by atoms with van der Waals surface area (Å²) >= 11 is 3.41. The molecule has 0 atom stereocenters. The third kappa shape index (κ3) is 2.15. The number of benzene rings is 2. The van der Waals surface area contributed by atoms with Crippen LogP contribution in [0.4, 0.5) is 11.6 Å². The zero-order valence-corrected chi connectivity index (χ0v) is 12.8. The van der Waals surface area contributed by atoms with Gasteiger partial charge in [-0.25, -0.2) is 4.98 Å². The van der Waals surface area contributed by atoms with Gasteiger partial charge in [-0.1, -0.05) is 28.1 Å². The molecule has 0 radical (unpaired) electrons. The minimum atomic E-state index is -0.0204. The number of aromatic hydroxyl groups is 1. The zero-order chi connectivity index (χ0) is 15.1. The smallest absolute Gasteiger partial charge is 0.247 e. The largest absolute Gasteiger partial charge is 0.493 e. The summed E-state index contributed by atoms with van der Waals surface area (Å²) in [6.07, 6.45) is 0. The molecular weight excluding hydrogens is 346 g/mol. The summed E-state index contributed by atoms with van der Waals surface area (Å²) in [6.45, 7) is 0. The highest BCUT2D eigenvalue weighted by molar-refractivity contribution is 9.10. The van der Waals surface area contributed by atoms with Crippen molar-refractivity contribution in [1.29, 1.82) is 0 Å². The standard InChI is InChI=1S/C15H10BrN5O/c16-8-5-6-10-9(7-8)13(14(22)17-10)20-21-15-18-11-3-1-2-4-12(11)19-15/h1-7,17,22H,(H,18,19). The second-order valence-electron chi connectivity index (χ2n) is 4.79. The maximum absolute atomic E-state index is 9.99. The molecule has 22 heavy (non-hydrogen) atoms. The van der Waals surface area contributed by atoms with E-state index in [1.54, 1.807) is 0 Å². The minimum Gasteiger partial charge on any atom is -0.493 e. The fraction of sp³-hybridized carbons (Fsp3) is 0. The lowest BCUT2D eigenvalue weighted by Crippen LogP contribution is -1.68. The fourth-order valence-electron chi connectivity index (χ4n) is 2.32. The first-order chi connectivity index (χ1) is 10.7. The van der Waals surface area contributed by atoms with Crippen molar-refractivity contribution < 1.29 is 5.11 Å². The second kappa shape index (κ2) is 4.96. The summed E-state index contributed by atoms with van der Waals surface area (Å²) in [4.78, 5) is 10.3. The number of aromatic nitrogens is 3. The molecule has 0 saturated heterocycles. The number of nitrogens with one attached hydrogen (secondary N) is 2. The van der Waals surface area contributed by atoms with Gasteiger partial charge >= 0.3 is 0 Å². The Morgan fingerprint density at radius 2 is 1.86 bits per heavy atom. The van der Waals surface area contributed by atoms with Gasteiger partial charge in [-0.05, 0) is 30.3 Å². The van der Waals surface area contributed by atoms with Crippen molar-refractivity contribution >= 4 is 49.5 Å². The Morgan fingerprint density at radius 3 is 2.73 bits per heavy atom. The normalized spacial score (nSPS) is 11.9. The summed E-state index contributed by atoms with van der Waals surface area (Å²) in [5, 5.41) is 19.0. The first kappa shape index (κ1) is 13.0. The molecule has 4 rings (SSSR count). The Hall–Kier alpha value is -2.67. The van der Waals surface area contributed by atoms with Gasteiger partial charge in [-0.3, -0.25) is 0 Å².